The van der Waals surface area contributed by atoms with E-state index in [0.29, 0.717) is 12.3 Å². The second-order valence-electron chi connectivity index (χ2n) is 4.88. The molecule has 0 bridgehead atoms. The van der Waals surface area contributed by atoms with E-state index in [1.807, 2.05) is 29.6 Å². The van der Waals surface area contributed by atoms with E-state index in [1.54, 1.807) is 24.5 Å². The number of halogens is 1. The molecule has 2 aromatic heterocycles. The Kier molecular flexibility index (Phi) is 5.55. The number of benzene rings is 1. The van der Waals surface area contributed by atoms with Gasteiger partial charge in [0.2, 0.25) is 0 Å². The largest absolute Gasteiger partial charge is 0.484 e. The molecule has 3 aromatic rings. The first-order valence-electron chi connectivity index (χ1n) is 7.20. The van der Waals surface area contributed by atoms with Crippen molar-refractivity contribution in [3.05, 3.63) is 63.7 Å². The zero-order chi connectivity index (χ0) is 16.8. The van der Waals surface area contributed by atoms with Gasteiger partial charge in [0, 0.05) is 27.8 Å². The fourth-order valence-corrected chi connectivity index (χ4v) is 2.96. The number of thiazole rings is 1. The van der Waals surface area contributed by atoms with E-state index >= 15 is 0 Å². The quantitative estimate of drug-likeness (QED) is 0.681. The third-order valence-electron chi connectivity index (χ3n) is 3.15. The third kappa shape index (κ3) is 4.62. The number of hydrogen-bond donors (Lipinski definition) is 1. The Morgan fingerprint density at radius 3 is 2.67 bits per heavy atom. The van der Waals surface area contributed by atoms with Gasteiger partial charge in [0.15, 0.2) is 6.61 Å². The summed E-state index contributed by atoms with van der Waals surface area (Å²) in [5, 5.41) is 5.62. The van der Waals surface area contributed by atoms with Gasteiger partial charge in [-0.1, -0.05) is 15.9 Å². The molecule has 24 heavy (non-hydrogen) atoms. The van der Waals surface area contributed by atoms with Crippen molar-refractivity contribution < 1.29 is 9.53 Å². The maximum atomic E-state index is 11.9. The standard InChI is InChI=1S/C17H14BrN3O2S/c18-13-1-3-14(4-2-13)23-10-16(22)20-9-17-21-15(11-24-17)12-5-7-19-8-6-12/h1-8,11H,9-10H2,(H,20,22). The minimum atomic E-state index is -0.182. The van der Waals surface area contributed by atoms with Gasteiger partial charge in [-0.05, 0) is 36.4 Å². The molecule has 0 radical (unpaired) electrons. The molecule has 1 amide bonds. The molecular formula is C17H14BrN3O2S. The van der Waals surface area contributed by atoms with Crippen molar-refractivity contribution >= 4 is 33.2 Å². The number of hydrogen-bond acceptors (Lipinski definition) is 5. The molecule has 0 atom stereocenters. The van der Waals surface area contributed by atoms with Gasteiger partial charge in [-0.3, -0.25) is 9.78 Å². The summed E-state index contributed by atoms with van der Waals surface area (Å²) in [5.74, 6) is 0.473. The summed E-state index contributed by atoms with van der Waals surface area (Å²) in [5.41, 5.74) is 1.90. The molecule has 2 heterocycles. The Balaban J connectivity index is 1.48. The van der Waals surface area contributed by atoms with Crippen LogP contribution in [0.1, 0.15) is 5.01 Å². The third-order valence-corrected chi connectivity index (χ3v) is 4.53. The maximum Gasteiger partial charge on any atom is 0.258 e. The Labute approximate surface area is 151 Å². The Bertz CT molecular complexity index is 806. The summed E-state index contributed by atoms with van der Waals surface area (Å²) in [6, 6.07) is 11.2. The van der Waals surface area contributed by atoms with Crippen LogP contribution in [0.3, 0.4) is 0 Å². The van der Waals surface area contributed by atoms with Crippen molar-refractivity contribution in [2.75, 3.05) is 6.61 Å². The van der Waals surface area contributed by atoms with Gasteiger partial charge in [0.25, 0.3) is 5.91 Å². The molecule has 5 nitrogen and oxygen atoms in total. The van der Waals surface area contributed by atoms with Gasteiger partial charge in [-0.15, -0.1) is 11.3 Å². The van der Waals surface area contributed by atoms with Gasteiger partial charge in [-0.25, -0.2) is 4.98 Å². The van der Waals surface area contributed by atoms with Crippen molar-refractivity contribution in [1.82, 2.24) is 15.3 Å². The second kappa shape index (κ2) is 8.03. The molecule has 0 aliphatic heterocycles. The van der Waals surface area contributed by atoms with Crippen LogP contribution in [0, 0.1) is 0 Å². The first-order chi connectivity index (χ1) is 11.7. The Morgan fingerprint density at radius 1 is 1.17 bits per heavy atom. The number of pyridine rings is 1. The van der Waals surface area contributed by atoms with Crippen LogP contribution in [-0.2, 0) is 11.3 Å². The number of nitrogens with zero attached hydrogens (tertiary/aromatic N) is 2. The van der Waals surface area contributed by atoms with E-state index in [2.05, 4.69) is 31.2 Å². The molecule has 0 saturated heterocycles. The first kappa shape index (κ1) is 16.6. The van der Waals surface area contributed by atoms with Crippen LogP contribution < -0.4 is 10.1 Å². The zero-order valence-corrected chi connectivity index (χ0v) is 15.0. The highest BCUT2D eigenvalue weighted by Gasteiger charge is 2.07. The van der Waals surface area contributed by atoms with Crippen molar-refractivity contribution in [3.63, 3.8) is 0 Å². The molecule has 0 aliphatic rings. The molecule has 7 heteroatoms. The average molecular weight is 404 g/mol. The summed E-state index contributed by atoms with van der Waals surface area (Å²) in [6.07, 6.45) is 3.46. The minimum Gasteiger partial charge on any atom is -0.484 e. The summed E-state index contributed by atoms with van der Waals surface area (Å²) in [7, 11) is 0. The van der Waals surface area contributed by atoms with Gasteiger partial charge in [-0.2, -0.15) is 0 Å². The van der Waals surface area contributed by atoms with Crippen LogP contribution in [0.15, 0.2) is 58.6 Å². The fourth-order valence-electron chi connectivity index (χ4n) is 1.95. The first-order valence-corrected chi connectivity index (χ1v) is 8.88. The molecule has 0 spiro atoms. The number of nitrogens with one attached hydrogen (secondary N) is 1. The van der Waals surface area contributed by atoms with Gasteiger partial charge < -0.3 is 10.1 Å². The van der Waals surface area contributed by atoms with Gasteiger partial charge in [0.1, 0.15) is 10.8 Å². The normalized spacial score (nSPS) is 10.4. The molecular weight excluding hydrogens is 390 g/mol. The summed E-state index contributed by atoms with van der Waals surface area (Å²) in [4.78, 5) is 20.4. The highest BCUT2D eigenvalue weighted by molar-refractivity contribution is 9.10. The fraction of sp³-hybridized carbons (Fsp3) is 0.118. The molecule has 3 rings (SSSR count). The molecule has 1 N–H and O–H groups in total. The molecule has 1 aromatic carbocycles. The smallest absolute Gasteiger partial charge is 0.258 e. The van der Waals surface area contributed by atoms with Crippen molar-refractivity contribution in [3.8, 4) is 17.0 Å². The number of aromatic nitrogens is 2. The van der Waals surface area contributed by atoms with Crippen molar-refractivity contribution in [1.29, 1.82) is 0 Å². The molecule has 0 fully saturated rings. The minimum absolute atomic E-state index is 0.0236. The van der Waals surface area contributed by atoms with Crippen LogP contribution in [0.25, 0.3) is 11.3 Å². The lowest BCUT2D eigenvalue weighted by atomic mass is 10.2. The lowest BCUT2D eigenvalue weighted by Crippen LogP contribution is -2.28. The lowest BCUT2D eigenvalue weighted by molar-refractivity contribution is -0.123. The van der Waals surface area contributed by atoms with Crippen LogP contribution >= 0.6 is 27.3 Å². The van der Waals surface area contributed by atoms with Crippen LogP contribution in [0.2, 0.25) is 0 Å². The number of carbonyl (C=O) groups is 1. The van der Waals surface area contributed by atoms with E-state index in [9.17, 15) is 4.79 Å². The molecule has 122 valence electrons. The van der Waals surface area contributed by atoms with Gasteiger partial charge >= 0.3 is 0 Å². The second-order valence-corrected chi connectivity index (χ2v) is 6.74. The summed E-state index contributed by atoms with van der Waals surface area (Å²) < 4.78 is 6.39. The number of carbonyl (C=O) groups excluding carboxylic acids is 1. The van der Waals surface area contributed by atoms with Gasteiger partial charge in [0.05, 0.1) is 12.2 Å². The van der Waals surface area contributed by atoms with E-state index < -0.39 is 0 Å². The molecule has 0 aliphatic carbocycles. The monoisotopic (exact) mass is 403 g/mol. The van der Waals surface area contributed by atoms with E-state index in [0.717, 1.165) is 20.7 Å². The highest BCUT2D eigenvalue weighted by atomic mass is 79.9. The van der Waals surface area contributed by atoms with Crippen molar-refractivity contribution in [2.24, 2.45) is 0 Å². The topological polar surface area (TPSA) is 64.1 Å². The Morgan fingerprint density at radius 2 is 1.92 bits per heavy atom. The van der Waals surface area contributed by atoms with Crippen LogP contribution in [0.4, 0.5) is 0 Å². The highest BCUT2D eigenvalue weighted by Crippen LogP contribution is 2.21. The lowest BCUT2D eigenvalue weighted by Gasteiger charge is -2.06. The number of rotatable bonds is 6. The van der Waals surface area contributed by atoms with Crippen LogP contribution in [-0.4, -0.2) is 22.5 Å². The van der Waals surface area contributed by atoms with E-state index in [-0.39, 0.29) is 12.5 Å². The van der Waals surface area contributed by atoms with E-state index in [1.165, 1.54) is 11.3 Å². The predicted molar refractivity (Wildman–Crippen MR) is 96.8 cm³/mol. The summed E-state index contributed by atoms with van der Waals surface area (Å²) >= 11 is 4.86. The average Bonchev–Trinajstić information content (AvgIpc) is 3.09. The predicted octanol–water partition coefficient (Wildman–Crippen LogP) is 3.66. The van der Waals surface area contributed by atoms with E-state index in [4.69, 9.17) is 4.74 Å². The number of amides is 1. The Hall–Kier alpha value is -2.25. The van der Waals surface area contributed by atoms with Crippen LogP contribution in [0.5, 0.6) is 5.75 Å². The SMILES string of the molecule is O=C(COc1ccc(Br)cc1)NCc1nc(-c2ccncc2)cs1. The summed E-state index contributed by atoms with van der Waals surface area (Å²) in [6.45, 7) is 0.364. The maximum absolute atomic E-state index is 11.9. The molecule has 0 saturated carbocycles. The van der Waals surface area contributed by atoms with Crippen molar-refractivity contribution in [2.45, 2.75) is 6.54 Å². The zero-order valence-electron chi connectivity index (χ0n) is 12.6. The number of ether oxygens (including phenoxy) is 1. The molecule has 0 unspecified atom stereocenters.